The third kappa shape index (κ3) is 2.48. The van der Waals surface area contributed by atoms with Crippen molar-refractivity contribution in [1.29, 1.82) is 0 Å². The van der Waals surface area contributed by atoms with Gasteiger partial charge in [-0.1, -0.05) is 36.4 Å². The Kier molecular flexibility index (Phi) is 3.85. The van der Waals surface area contributed by atoms with Crippen LogP contribution in [0.4, 0.5) is 0 Å². The normalized spacial score (nSPS) is 32.5. The molecular formula is C19H27NOS. The van der Waals surface area contributed by atoms with Crippen molar-refractivity contribution < 1.29 is 4.21 Å². The predicted molar refractivity (Wildman–Crippen MR) is 94.0 cm³/mol. The molecule has 120 valence electrons. The van der Waals surface area contributed by atoms with Crippen molar-refractivity contribution in [2.24, 2.45) is 5.41 Å². The molecule has 4 rings (SSSR count). The molecule has 22 heavy (non-hydrogen) atoms. The Morgan fingerprint density at radius 3 is 2.36 bits per heavy atom. The molecule has 1 N–H and O–H groups in total. The molecule has 3 heteroatoms. The number of rotatable bonds is 6. The lowest BCUT2D eigenvalue weighted by Gasteiger charge is -2.73. The van der Waals surface area contributed by atoms with Crippen LogP contribution in [0, 0.1) is 5.41 Å². The van der Waals surface area contributed by atoms with Crippen molar-refractivity contribution in [1.82, 2.24) is 4.72 Å². The van der Waals surface area contributed by atoms with Gasteiger partial charge in [0.2, 0.25) is 0 Å². The number of hydrogen-bond donors (Lipinski definition) is 1. The van der Waals surface area contributed by atoms with Crippen LogP contribution in [-0.2, 0) is 16.4 Å². The zero-order valence-electron chi connectivity index (χ0n) is 13.9. The van der Waals surface area contributed by atoms with E-state index in [9.17, 15) is 4.21 Å². The molecule has 0 amide bonds. The van der Waals surface area contributed by atoms with Crippen molar-refractivity contribution in [3.05, 3.63) is 48.6 Å². The lowest BCUT2D eigenvalue weighted by molar-refractivity contribution is -0.159. The maximum atomic E-state index is 12.5. The van der Waals surface area contributed by atoms with Gasteiger partial charge in [-0.05, 0) is 62.8 Å². The zero-order valence-corrected chi connectivity index (χ0v) is 14.7. The molecule has 0 aromatic heterocycles. The Bertz CT molecular complexity index is 567. The lowest BCUT2D eigenvalue weighted by Crippen LogP contribution is -2.71. The van der Waals surface area contributed by atoms with E-state index in [4.69, 9.17) is 0 Å². The first kappa shape index (κ1) is 15.9. The Morgan fingerprint density at radius 2 is 1.86 bits per heavy atom. The van der Waals surface area contributed by atoms with E-state index in [-0.39, 0.29) is 10.8 Å². The average Bonchev–Trinajstić information content (AvgIpc) is 2.36. The van der Waals surface area contributed by atoms with Gasteiger partial charge < -0.3 is 0 Å². The molecule has 0 aliphatic heterocycles. The van der Waals surface area contributed by atoms with Gasteiger partial charge in [0.05, 0.1) is 15.7 Å². The lowest BCUT2D eigenvalue weighted by atomic mass is 9.31. The van der Waals surface area contributed by atoms with Crippen molar-refractivity contribution in [2.45, 2.75) is 62.7 Å². The molecular weight excluding hydrogens is 290 g/mol. The molecule has 2 atom stereocenters. The van der Waals surface area contributed by atoms with Crippen LogP contribution in [0.1, 0.15) is 52.0 Å². The first-order valence-electron chi connectivity index (χ1n) is 8.16. The van der Waals surface area contributed by atoms with E-state index in [1.54, 1.807) is 0 Å². The molecule has 2 nitrogen and oxygen atoms in total. The highest BCUT2D eigenvalue weighted by Crippen LogP contribution is 2.75. The summed E-state index contributed by atoms with van der Waals surface area (Å²) >= 11 is 0. The van der Waals surface area contributed by atoms with Crippen molar-refractivity contribution >= 4 is 11.0 Å². The molecule has 1 aromatic carbocycles. The van der Waals surface area contributed by atoms with Crippen LogP contribution >= 0.6 is 0 Å². The summed E-state index contributed by atoms with van der Waals surface area (Å²) in [6.45, 7) is 9.96. The molecule has 3 fully saturated rings. The summed E-state index contributed by atoms with van der Waals surface area (Å²) in [4.78, 5) is 0. The van der Waals surface area contributed by atoms with E-state index in [0.29, 0.717) is 10.8 Å². The molecule has 0 radical (unpaired) electrons. The van der Waals surface area contributed by atoms with E-state index < -0.39 is 11.0 Å². The van der Waals surface area contributed by atoms with E-state index in [2.05, 4.69) is 41.6 Å². The molecule has 0 saturated heterocycles. The van der Waals surface area contributed by atoms with Crippen molar-refractivity contribution in [3.8, 4) is 0 Å². The van der Waals surface area contributed by atoms with Gasteiger partial charge in [0.15, 0.2) is 0 Å². The van der Waals surface area contributed by atoms with Crippen LogP contribution in [0.15, 0.2) is 43.0 Å². The summed E-state index contributed by atoms with van der Waals surface area (Å²) in [5, 5.41) is 0. The van der Waals surface area contributed by atoms with Gasteiger partial charge >= 0.3 is 0 Å². The number of hydrogen-bond acceptors (Lipinski definition) is 1. The largest absolute Gasteiger partial charge is 0.242 e. The van der Waals surface area contributed by atoms with E-state index in [1.807, 2.05) is 26.8 Å². The zero-order chi connectivity index (χ0) is 16.0. The maximum Gasteiger partial charge on any atom is 0.0973 e. The summed E-state index contributed by atoms with van der Waals surface area (Å²) in [5.41, 5.74) is 2.20. The van der Waals surface area contributed by atoms with Crippen molar-refractivity contribution in [3.63, 3.8) is 0 Å². The highest BCUT2D eigenvalue weighted by Gasteiger charge is 2.70. The third-order valence-electron chi connectivity index (χ3n) is 5.40. The highest BCUT2D eigenvalue weighted by atomic mass is 32.2. The van der Waals surface area contributed by atoms with E-state index in [1.165, 1.54) is 24.8 Å². The summed E-state index contributed by atoms with van der Waals surface area (Å²) in [5.74, 6) is 0. The quantitative estimate of drug-likeness (QED) is 0.786. The maximum absolute atomic E-state index is 12.5. The van der Waals surface area contributed by atoms with E-state index >= 15 is 0 Å². The number of nitrogens with one attached hydrogen (secondary N) is 1. The van der Waals surface area contributed by atoms with Crippen LogP contribution in [0.25, 0.3) is 0 Å². The van der Waals surface area contributed by atoms with Crippen LogP contribution in [0.2, 0.25) is 0 Å². The van der Waals surface area contributed by atoms with Crippen LogP contribution in [-0.4, -0.2) is 15.0 Å². The molecule has 3 aliphatic carbocycles. The predicted octanol–water partition coefficient (Wildman–Crippen LogP) is 4.10. The molecule has 2 bridgehead atoms. The topological polar surface area (TPSA) is 29.1 Å². The third-order valence-corrected chi connectivity index (χ3v) is 7.02. The fourth-order valence-electron chi connectivity index (χ4n) is 4.23. The Balaban J connectivity index is 1.69. The molecule has 0 spiro atoms. The molecule has 0 heterocycles. The minimum absolute atomic E-state index is 0.222. The summed E-state index contributed by atoms with van der Waals surface area (Å²) < 4.78 is 15.7. The van der Waals surface area contributed by atoms with Crippen LogP contribution < -0.4 is 4.72 Å². The summed E-state index contributed by atoms with van der Waals surface area (Å²) in [6, 6.07) is 11.2. The van der Waals surface area contributed by atoms with Crippen LogP contribution in [0.5, 0.6) is 0 Å². The Hall–Kier alpha value is -0.930. The second-order valence-electron chi connectivity index (χ2n) is 8.11. The second-order valence-corrected chi connectivity index (χ2v) is 10.1. The molecule has 3 aliphatic rings. The standard InChI is InChI=1S/C19H27NOS/c1-5-9-16(20-22(21)17(2,3)4)19-12-18(13-19,14-19)15-10-7-6-8-11-15/h5-8,10-11,16,20H,1,9,12-14H2,2-4H3. The van der Waals surface area contributed by atoms with E-state index in [0.717, 1.165) is 6.42 Å². The Morgan fingerprint density at radius 1 is 1.27 bits per heavy atom. The smallest absolute Gasteiger partial charge is 0.0973 e. The SMILES string of the molecule is C=CCC(NS(=O)C(C)(C)C)C12CC(c3ccccc3)(C1)C2. The van der Waals surface area contributed by atoms with Gasteiger partial charge in [0, 0.05) is 6.04 Å². The molecule has 3 saturated carbocycles. The van der Waals surface area contributed by atoms with Gasteiger partial charge in [-0.15, -0.1) is 6.58 Å². The second kappa shape index (κ2) is 5.31. The van der Waals surface area contributed by atoms with Gasteiger partial charge in [0.1, 0.15) is 0 Å². The van der Waals surface area contributed by atoms with Crippen LogP contribution in [0.3, 0.4) is 0 Å². The molecule has 2 unspecified atom stereocenters. The molecule has 1 aromatic rings. The fourth-order valence-corrected chi connectivity index (χ4v) is 5.19. The average molecular weight is 317 g/mol. The first-order chi connectivity index (χ1) is 10.3. The summed E-state index contributed by atoms with van der Waals surface area (Å²) in [6.07, 6.45) is 6.52. The van der Waals surface area contributed by atoms with Gasteiger partial charge in [0.25, 0.3) is 0 Å². The van der Waals surface area contributed by atoms with Crippen molar-refractivity contribution in [2.75, 3.05) is 0 Å². The summed E-state index contributed by atoms with van der Waals surface area (Å²) in [7, 11) is -1.01. The Labute approximate surface area is 137 Å². The minimum atomic E-state index is -1.01. The van der Waals surface area contributed by atoms with Gasteiger partial charge in [-0.25, -0.2) is 8.93 Å². The number of benzene rings is 1. The van der Waals surface area contributed by atoms with Gasteiger partial charge in [-0.2, -0.15) is 0 Å². The first-order valence-corrected chi connectivity index (χ1v) is 9.31. The monoisotopic (exact) mass is 317 g/mol. The minimum Gasteiger partial charge on any atom is -0.242 e. The highest BCUT2D eigenvalue weighted by molar-refractivity contribution is 7.84. The fraction of sp³-hybridized carbons (Fsp3) is 0.579. The van der Waals surface area contributed by atoms with Gasteiger partial charge in [-0.3, -0.25) is 0 Å².